The van der Waals surface area contributed by atoms with E-state index in [1.165, 1.54) is 48.9 Å². The zero-order valence-corrected chi connectivity index (χ0v) is 20.3. The summed E-state index contributed by atoms with van der Waals surface area (Å²) in [5, 5.41) is 36.3. The van der Waals surface area contributed by atoms with E-state index in [-0.39, 0.29) is 22.0 Å². The molecule has 14 heteroatoms. The van der Waals surface area contributed by atoms with Crippen LogP contribution < -0.4 is 16.9 Å². The summed E-state index contributed by atoms with van der Waals surface area (Å²) in [5.41, 5.74) is 12.0. The molecule has 0 amide bonds. The highest BCUT2D eigenvalue weighted by molar-refractivity contribution is 9.10. The van der Waals surface area contributed by atoms with E-state index >= 15 is 0 Å². The third-order valence-corrected chi connectivity index (χ3v) is 4.88. The van der Waals surface area contributed by atoms with E-state index in [4.69, 9.17) is 49.8 Å². The van der Waals surface area contributed by atoms with Crippen LogP contribution in [0.25, 0.3) is 11.3 Å². The Labute approximate surface area is 213 Å². The van der Waals surface area contributed by atoms with Crippen molar-refractivity contribution in [2.75, 3.05) is 11.5 Å². The van der Waals surface area contributed by atoms with Gasteiger partial charge >= 0.3 is 7.12 Å². The number of halogens is 3. The summed E-state index contributed by atoms with van der Waals surface area (Å²) in [5.74, 6) is 0.869. The molecule has 0 fully saturated rings. The molecular formula is C20H18BBrCl2N6O4. The number of phenols is 2. The second-order valence-corrected chi connectivity index (χ2v) is 7.96. The lowest BCUT2D eigenvalue weighted by Crippen LogP contribution is -2.30. The molecular weight excluding hydrogens is 550 g/mol. The normalized spacial score (nSPS) is 9.79. The molecule has 10 nitrogen and oxygen atoms in total. The molecule has 0 aliphatic heterocycles. The number of hydrogen-bond acceptors (Lipinski definition) is 10. The topological polar surface area (TPSA) is 185 Å². The van der Waals surface area contributed by atoms with Gasteiger partial charge in [-0.2, -0.15) is 0 Å². The van der Waals surface area contributed by atoms with Gasteiger partial charge in [0.1, 0.15) is 27.7 Å². The minimum Gasteiger partial charge on any atom is -0.508 e. The molecule has 2 aromatic heterocycles. The molecule has 0 aliphatic carbocycles. The highest BCUT2D eigenvalue weighted by Gasteiger charge is 2.15. The maximum Gasteiger partial charge on any atom is 0.490 e. The van der Waals surface area contributed by atoms with E-state index in [9.17, 15) is 5.11 Å². The number of nitrogen functional groups attached to an aromatic ring is 2. The van der Waals surface area contributed by atoms with Crippen LogP contribution >= 0.6 is 39.1 Å². The number of benzene rings is 2. The van der Waals surface area contributed by atoms with Gasteiger partial charge in [-0.1, -0.05) is 23.2 Å². The van der Waals surface area contributed by atoms with Crippen LogP contribution in [0.3, 0.4) is 0 Å². The number of aromatic nitrogens is 4. The molecule has 4 aromatic rings. The Balaban J connectivity index is 0.000000190. The van der Waals surface area contributed by atoms with Gasteiger partial charge in [0.05, 0.1) is 35.5 Å². The SMILES string of the molecule is Nc1cnc(-c2cc(O)ccc2Cl)cn1.Nc1cnc(Br)cn1.OB(O)c1cc(O)ccc1Cl. The predicted octanol–water partition coefficient (Wildman–Crippen LogP) is 2.63. The minimum absolute atomic E-state index is 0.0440. The fourth-order valence-electron chi connectivity index (χ4n) is 2.24. The summed E-state index contributed by atoms with van der Waals surface area (Å²) < 4.78 is 0.701. The number of aromatic hydroxyl groups is 2. The summed E-state index contributed by atoms with van der Waals surface area (Å²) in [6.45, 7) is 0. The number of phenolic OH excluding ortho intramolecular Hbond substituents is 2. The van der Waals surface area contributed by atoms with Crippen LogP contribution in [0.1, 0.15) is 0 Å². The Bertz CT molecular complexity index is 1200. The van der Waals surface area contributed by atoms with Gasteiger partial charge in [-0.05, 0) is 52.3 Å². The van der Waals surface area contributed by atoms with E-state index in [1.54, 1.807) is 12.3 Å². The molecule has 0 aliphatic rings. The first-order valence-electron chi connectivity index (χ1n) is 9.20. The van der Waals surface area contributed by atoms with Crippen molar-refractivity contribution in [3.05, 3.63) is 75.8 Å². The third-order valence-electron chi connectivity index (χ3n) is 3.80. The van der Waals surface area contributed by atoms with E-state index in [0.29, 0.717) is 32.5 Å². The van der Waals surface area contributed by atoms with Gasteiger partial charge in [-0.15, -0.1) is 0 Å². The van der Waals surface area contributed by atoms with Gasteiger partial charge in [0.15, 0.2) is 0 Å². The Kier molecular flexibility index (Phi) is 10.3. The predicted molar refractivity (Wildman–Crippen MR) is 136 cm³/mol. The van der Waals surface area contributed by atoms with Gasteiger partial charge in [-0.25, -0.2) is 15.0 Å². The van der Waals surface area contributed by atoms with Crippen LogP contribution in [0.5, 0.6) is 11.5 Å². The average Bonchev–Trinajstić information content (AvgIpc) is 2.80. The first-order chi connectivity index (χ1) is 16.1. The summed E-state index contributed by atoms with van der Waals surface area (Å²) in [7, 11) is -1.64. The van der Waals surface area contributed by atoms with Crippen LogP contribution in [0.2, 0.25) is 10.0 Å². The Morgan fingerprint density at radius 3 is 1.76 bits per heavy atom. The van der Waals surface area contributed by atoms with E-state index in [1.807, 2.05) is 0 Å². The summed E-state index contributed by atoms with van der Waals surface area (Å²) >= 11 is 14.6. The zero-order valence-electron chi connectivity index (χ0n) is 17.2. The van der Waals surface area contributed by atoms with Crippen molar-refractivity contribution >= 4 is 63.3 Å². The molecule has 34 heavy (non-hydrogen) atoms. The molecule has 0 spiro atoms. The van der Waals surface area contributed by atoms with Crippen LogP contribution in [0.15, 0.2) is 65.8 Å². The number of nitrogens with zero attached hydrogens (tertiary/aromatic N) is 4. The lowest BCUT2D eigenvalue weighted by Gasteiger charge is -2.03. The van der Waals surface area contributed by atoms with Crippen molar-refractivity contribution < 1.29 is 20.3 Å². The molecule has 176 valence electrons. The van der Waals surface area contributed by atoms with Gasteiger partial charge in [0.2, 0.25) is 0 Å². The van der Waals surface area contributed by atoms with Crippen molar-refractivity contribution in [2.24, 2.45) is 0 Å². The molecule has 4 rings (SSSR count). The fraction of sp³-hybridized carbons (Fsp3) is 0. The molecule has 2 heterocycles. The molecule has 0 unspecified atom stereocenters. The highest BCUT2D eigenvalue weighted by atomic mass is 79.9. The van der Waals surface area contributed by atoms with Crippen LogP contribution in [-0.4, -0.2) is 47.3 Å². The van der Waals surface area contributed by atoms with Crippen molar-refractivity contribution in [3.8, 4) is 22.8 Å². The standard InChI is InChI=1S/C10H8ClN3O.C6H6BClO3.C4H4BrN3/c11-8-2-1-6(15)3-7(8)9-4-14-10(12)5-13-9;8-6-2-1-4(9)3-5(6)7(10)11;5-3-1-8-4(6)2-7-3/h1-5,15H,(H2,12,14);1-3,9-11H;1-2H,(H2,6,8). The fourth-order valence-corrected chi connectivity index (χ4v) is 2.87. The highest BCUT2D eigenvalue weighted by Crippen LogP contribution is 2.29. The smallest absolute Gasteiger partial charge is 0.490 e. The maximum absolute atomic E-state index is 9.32. The minimum atomic E-state index is -1.64. The van der Waals surface area contributed by atoms with Crippen LogP contribution in [0.4, 0.5) is 11.6 Å². The number of anilines is 2. The summed E-state index contributed by atoms with van der Waals surface area (Å²) in [4.78, 5) is 15.5. The first kappa shape index (κ1) is 27.1. The Morgan fingerprint density at radius 2 is 1.29 bits per heavy atom. The quantitative estimate of drug-likeness (QED) is 0.197. The molecule has 0 atom stereocenters. The Morgan fingerprint density at radius 1 is 0.735 bits per heavy atom. The van der Waals surface area contributed by atoms with E-state index < -0.39 is 7.12 Å². The second kappa shape index (κ2) is 12.9. The van der Waals surface area contributed by atoms with Gasteiger partial charge in [-0.3, -0.25) is 4.98 Å². The van der Waals surface area contributed by atoms with E-state index in [0.717, 1.165) is 0 Å². The second-order valence-electron chi connectivity index (χ2n) is 6.33. The Hall–Kier alpha value is -3.16. The molecule has 0 radical (unpaired) electrons. The van der Waals surface area contributed by atoms with Gasteiger partial charge in [0, 0.05) is 16.0 Å². The van der Waals surface area contributed by atoms with Gasteiger partial charge in [0.25, 0.3) is 0 Å². The van der Waals surface area contributed by atoms with Crippen molar-refractivity contribution in [2.45, 2.75) is 0 Å². The van der Waals surface area contributed by atoms with Gasteiger partial charge < -0.3 is 31.7 Å². The van der Waals surface area contributed by atoms with Crippen molar-refractivity contribution in [1.82, 2.24) is 19.9 Å². The zero-order chi connectivity index (χ0) is 25.3. The lowest BCUT2D eigenvalue weighted by molar-refractivity contribution is 0.424. The largest absolute Gasteiger partial charge is 0.508 e. The monoisotopic (exact) mass is 566 g/mol. The molecule has 0 saturated heterocycles. The van der Waals surface area contributed by atoms with Crippen LogP contribution in [-0.2, 0) is 0 Å². The molecule has 2 aromatic carbocycles. The van der Waals surface area contributed by atoms with Crippen LogP contribution in [0, 0.1) is 0 Å². The summed E-state index contributed by atoms with van der Waals surface area (Å²) in [6.07, 6.45) is 5.99. The first-order valence-corrected chi connectivity index (χ1v) is 10.8. The number of rotatable bonds is 2. The summed E-state index contributed by atoms with van der Waals surface area (Å²) in [6, 6.07) is 8.61. The number of nitrogens with two attached hydrogens (primary N) is 2. The maximum atomic E-state index is 9.32. The molecule has 0 saturated carbocycles. The number of hydrogen-bond donors (Lipinski definition) is 6. The average molecular weight is 568 g/mol. The van der Waals surface area contributed by atoms with Crippen molar-refractivity contribution in [3.63, 3.8) is 0 Å². The lowest BCUT2D eigenvalue weighted by atomic mass is 9.80. The molecule has 0 bridgehead atoms. The molecule has 8 N–H and O–H groups in total. The van der Waals surface area contributed by atoms with E-state index in [2.05, 4.69) is 35.9 Å². The van der Waals surface area contributed by atoms with Crippen molar-refractivity contribution in [1.29, 1.82) is 0 Å². The third kappa shape index (κ3) is 8.65.